The summed E-state index contributed by atoms with van der Waals surface area (Å²) < 4.78 is 12.7. The van der Waals surface area contributed by atoms with Crippen molar-refractivity contribution in [2.75, 3.05) is 12.3 Å². The Morgan fingerprint density at radius 2 is 1.93 bits per heavy atom. The van der Waals surface area contributed by atoms with Gasteiger partial charge in [-0.3, -0.25) is 4.57 Å². The molecule has 11 heteroatoms. The molecule has 154 valence electrons. The summed E-state index contributed by atoms with van der Waals surface area (Å²) in [6.07, 6.45) is -3.56. The molecule has 0 bridgehead atoms. The van der Waals surface area contributed by atoms with Crippen LogP contribution in [-0.2, 0) is 4.74 Å². The number of imidazole rings is 1. The summed E-state index contributed by atoms with van der Waals surface area (Å²) in [5, 5.41) is 39.0. The zero-order valence-electron chi connectivity index (χ0n) is 15.5. The summed E-state index contributed by atoms with van der Waals surface area (Å²) in [4.78, 5) is 12.6. The van der Waals surface area contributed by atoms with Crippen molar-refractivity contribution in [3.8, 4) is 11.8 Å². The van der Waals surface area contributed by atoms with Gasteiger partial charge in [0.2, 0.25) is 0 Å². The number of phenols is 1. The summed E-state index contributed by atoms with van der Waals surface area (Å²) in [5.41, 5.74) is 7.31. The second-order valence-corrected chi connectivity index (χ2v) is 6.80. The molecular formula is C18H21N5O6. The molecule has 1 unspecified atom stereocenters. The van der Waals surface area contributed by atoms with Gasteiger partial charge in [-0.1, -0.05) is 12.1 Å². The van der Waals surface area contributed by atoms with E-state index in [4.69, 9.17) is 15.2 Å². The molecule has 5 atom stereocenters. The molecule has 2 aromatic heterocycles. The van der Waals surface area contributed by atoms with Crippen molar-refractivity contribution in [1.29, 1.82) is 0 Å². The van der Waals surface area contributed by atoms with Crippen LogP contribution in [0.5, 0.6) is 11.8 Å². The number of nitrogens with zero attached hydrogens (tertiary/aromatic N) is 4. The molecule has 0 radical (unpaired) electrons. The molecule has 1 saturated heterocycles. The van der Waals surface area contributed by atoms with Gasteiger partial charge in [0.15, 0.2) is 23.2 Å². The Labute approximate surface area is 165 Å². The van der Waals surface area contributed by atoms with E-state index in [2.05, 4.69) is 15.0 Å². The van der Waals surface area contributed by atoms with E-state index in [0.29, 0.717) is 0 Å². The first-order chi connectivity index (χ1) is 13.9. The average Bonchev–Trinajstić information content (AvgIpc) is 3.24. The minimum Gasteiger partial charge on any atom is -0.508 e. The van der Waals surface area contributed by atoms with Crippen molar-refractivity contribution in [2.45, 2.75) is 37.6 Å². The Morgan fingerprint density at radius 1 is 1.21 bits per heavy atom. The number of aromatic nitrogens is 4. The number of phenolic OH excluding ortho intramolecular Hbond substituents is 1. The number of anilines is 1. The number of aliphatic hydroxyl groups excluding tert-OH is 3. The van der Waals surface area contributed by atoms with E-state index in [9.17, 15) is 20.4 Å². The largest absolute Gasteiger partial charge is 0.508 e. The minimum atomic E-state index is -1.29. The SMILES string of the molecule is CC(Oc1nc(N)c2ncn([C@@H]3O[C@H](CO)[C@@H](O)[C@H]3O)c2n1)c1ccc(O)cc1. The predicted octanol–water partition coefficient (Wildman–Crippen LogP) is -0.134. The minimum absolute atomic E-state index is 0.0101. The highest BCUT2D eigenvalue weighted by Crippen LogP contribution is 2.33. The van der Waals surface area contributed by atoms with E-state index in [1.807, 2.05) is 0 Å². The standard InChI is InChI=1S/C18H21N5O6/c1-8(9-2-4-10(25)5-3-9)28-18-21-15(19)12-16(22-18)23(7-20-12)17-14(27)13(26)11(6-24)29-17/h2-5,7-8,11,13-14,17,24-27H,6H2,1H3,(H2,19,21,22)/t8?,11-,13-,14-,17-/m1/s1. The first-order valence-corrected chi connectivity index (χ1v) is 8.97. The van der Waals surface area contributed by atoms with Gasteiger partial charge >= 0.3 is 6.01 Å². The van der Waals surface area contributed by atoms with Gasteiger partial charge in [0, 0.05) is 0 Å². The first kappa shape index (κ1) is 19.3. The molecule has 11 nitrogen and oxygen atoms in total. The van der Waals surface area contributed by atoms with Gasteiger partial charge in [0.1, 0.15) is 30.2 Å². The molecule has 0 spiro atoms. The number of aromatic hydroxyl groups is 1. The average molecular weight is 403 g/mol. The Bertz CT molecular complexity index is 1010. The van der Waals surface area contributed by atoms with Gasteiger partial charge in [0.25, 0.3) is 0 Å². The number of hydrogen-bond acceptors (Lipinski definition) is 10. The molecule has 1 aliphatic rings. The Hall–Kier alpha value is -2.99. The highest BCUT2D eigenvalue weighted by Gasteiger charge is 2.44. The van der Waals surface area contributed by atoms with Crippen molar-refractivity contribution in [3.05, 3.63) is 36.2 Å². The van der Waals surface area contributed by atoms with Crippen LogP contribution in [-0.4, -0.2) is 64.9 Å². The third kappa shape index (κ3) is 3.44. The number of benzene rings is 1. The molecule has 6 N–H and O–H groups in total. The second-order valence-electron chi connectivity index (χ2n) is 6.80. The molecule has 0 saturated carbocycles. The molecule has 4 rings (SSSR count). The van der Waals surface area contributed by atoms with Crippen LogP contribution >= 0.6 is 0 Å². The molecule has 1 fully saturated rings. The fraction of sp³-hybridized carbons (Fsp3) is 0.389. The van der Waals surface area contributed by atoms with Crippen molar-refractivity contribution in [3.63, 3.8) is 0 Å². The van der Waals surface area contributed by atoms with Gasteiger partial charge in [-0.2, -0.15) is 9.97 Å². The van der Waals surface area contributed by atoms with E-state index in [1.54, 1.807) is 31.2 Å². The monoisotopic (exact) mass is 403 g/mol. The maximum absolute atomic E-state index is 10.3. The first-order valence-electron chi connectivity index (χ1n) is 8.97. The quantitative estimate of drug-likeness (QED) is 0.387. The second kappa shape index (κ2) is 7.44. The maximum Gasteiger partial charge on any atom is 0.321 e. The summed E-state index contributed by atoms with van der Waals surface area (Å²) >= 11 is 0. The summed E-state index contributed by atoms with van der Waals surface area (Å²) in [7, 11) is 0. The number of fused-ring (bicyclic) bond motifs is 1. The van der Waals surface area contributed by atoms with Gasteiger partial charge in [0.05, 0.1) is 12.9 Å². The molecule has 0 aliphatic carbocycles. The lowest BCUT2D eigenvalue weighted by Crippen LogP contribution is -2.33. The summed E-state index contributed by atoms with van der Waals surface area (Å²) in [6.45, 7) is 1.34. The zero-order valence-corrected chi connectivity index (χ0v) is 15.5. The Balaban J connectivity index is 1.66. The lowest BCUT2D eigenvalue weighted by Gasteiger charge is -2.17. The third-order valence-corrected chi connectivity index (χ3v) is 4.86. The van der Waals surface area contributed by atoms with Crippen molar-refractivity contribution in [1.82, 2.24) is 19.5 Å². The molecule has 1 aliphatic heterocycles. The third-order valence-electron chi connectivity index (χ3n) is 4.86. The molecule has 1 aromatic carbocycles. The highest BCUT2D eigenvalue weighted by molar-refractivity contribution is 5.82. The summed E-state index contributed by atoms with van der Waals surface area (Å²) in [5.74, 6) is 0.221. The molecule has 3 aromatic rings. The molecule has 29 heavy (non-hydrogen) atoms. The predicted molar refractivity (Wildman–Crippen MR) is 99.9 cm³/mol. The number of ether oxygens (including phenoxy) is 2. The van der Waals surface area contributed by atoms with Gasteiger partial charge in [-0.25, -0.2) is 4.98 Å². The van der Waals surface area contributed by atoms with Gasteiger partial charge in [-0.05, 0) is 24.6 Å². The van der Waals surface area contributed by atoms with Crippen LogP contribution in [0.2, 0.25) is 0 Å². The number of nitrogens with two attached hydrogens (primary N) is 1. The zero-order chi connectivity index (χ0) is 20.7. The lowest BCUT2D eigenvalue weighted by atomic mass is 10.1. The Kier molecular flexibility index (Phi) is 4.96. The van der Waals surface area contributed by atoms with Crippen LogP contribution in [0.3, 0.4) is 0 Å². The van der Waals surface area contributed by atoms with Crippen LogP contribution in [0.15, 0.2) is 30.6 Å². The fourth-order valence-corrected chi connectivity index (χ4v) is 3.24. The van der Waals surface area contributed by atoms with Crippen LogP contribution in [0, 0.1) is 0 Å². The van der Waals surface area contributed by atoms with Crippen LogP contribution in [0.1, 0.15) is 24.8 Å². The van der Waals surface area contributed by atoms with E-state index >= 15 is 0 Å². The number of rotatable bonds is 5. The molecule has 3 heterocycles. The lowest BCUT2D eigenvalue weighted by molar-refractivity contribution is -0.0511. The van der Waals surface area contributed by atoms with E-state index < -0.39 is 37.3 Å². The van der Waals surface area contributed by atoms with E-state index in [1.165, 1.54) is 10.9 Å². The number of nitrogen functional groups attached to an aromatic ring is 1. The molecule has 0 amide bonds. The van der Waals surface area contributed by atoms with Gasteiger partial charge in [-0.15, -0.1) is 0 Å². The molecular weight excluding hydrogens is 382 g/mol. The van der Waals surface area contributed by atoms with Crippen LogP contribution in [0.25, 0.3) is 11.2 Å². The van der Waals surface area contributed by atoms with Crippen molar-refractivity contribution < 1.29 is 29.9 Å². The topological polar surface area (TPSA) is 169 Å². The fourth-order valence-electron chi connectivity index (χ4n) is 3.24. The van der Waals surface area contributed by atoms with Crippen molar-refractivity contribution in [2.24, 2.45) is 0 Å². The Morgan fingerprint density at radius 3 is 2.59 bits per heavy atom. The number of aliphatic hydroxyl groups is 3. The van der Waals surface area contributed by atoms with Crippen molar-refractivity contribution >= 4 is 17.0 Å². The van der Waals surface area contributed by atoms with E-state index in [0.717, 1.165) is 5.56 Å². The smallest absolute Gasteiger partial charge is 0.321 e. The highest BCUT2D eigenvalue weighted by atomic mass is 16.6. The van der Waals surface area contributed by atoms with Gasteiger partial charge < -0.3 is 35.6 Å². The van der Waals surface area contributed by atoms with Crippen LogP contribution < -0.4 is 10.5 Å². The van der Waals surface area contributed by atoms with Crippen LogP contribution in [0.4, 0.5) is 5.82 Å². The normalized spacial score (nSPS) is 25.4. The summed E-state index contributed by atoms with van der Waals surface area (Å²) in [6, 6.07) is 6.51. The maximum atomic E-state index is 10.3. The van der Waals surface area contributed by atoms with E-state index in [-0.39, 0.29) is 28.7 Å². The number of hydrogen-bond donors (Lipinski definition) is 5.